The predicted molar refractivity (Wildman–Crippen MR) is 63.1 cm³/mol. The quantitative estimate of drug-likeness (QED) is 0.654. The molecule has 1 aromatic carbocycles. The Hall–Kier alpha value is -2.74. The van der Waals surface area contributed by atoms with Gasteiger partial charge >= 0.3 is 0 Å². The first-order valence-electron chi connectivity index (χ1n) is 5.27. The summed E-state index contributed by atoms with van der Waals surface area (Å²) >= 11 is 0. The fraction of sp³-hybridized carbons (Fsp3) is 0. The topological polar surface area (TPSA) is 54.0 Å². The third kappa shape index (κ3) is 1.60. The van der Waals surface area contributed by atoms with Gasteiger partial charge in [-0.05, 0) is 17.7 Å². The number of benzene rings is 1. The molecule has 0 radical (unpaired) electrons. The third-order valence-electron chi connectivity index (χ3n) is 2.63. The van der Waals surface area contributed by atoms with Gasteiger partial charge in [0, 0.05) is 18.0 Å². The molecule has 86 valence electrons. The Morgan fingerprint density at radius 2 is 2.11 bits per heavy atom. The molecule has 3 rings (SSSR count). The van der Waals surface area contributed by atoms with Crippen molar-refractivity contribution in [2.45, 2.75) is 0 Å². The second kappa shape index (κ2) is 3.93. The predicted octanol–water partition coefficient (Wildman–Crippen LogP) is 2.41. The number of halogens is 1. The molecule has 2 heterocycles. The van der Waals surface area contributed by atoms with Crippen LogP contribution in [0.2, 0.25) is 0 Å². The van der Waals surface area contributed by atoms with E-state index in [2.05, 4.69) is 10.1 Å². The molecule has 0 saturated heterocycles. The maximum absolute atomic E-state index is 13.1. The van der Waals surface area contributed by atoms with Crippen LogP contribution in [0.4, 0.5) is 4.39 Å². The van der Waals surface area contributed by atoms with Crippen molar-refractivity contribution in [1.82, 2.24) is 14.6 Å². The Balaban J connectivity index is 2.17. The maximum Gasteiger partial charge on any atom is 0.172 e. The molecule has 5 heteroatoms. The highest BCUT2D eigenvalue weighted by Gasteiger charge is 2.06. The monoisotopic (exact) mass is 238 g/mol. The van der Waals surface area contributed by atoms with Gasteiger partial charge in [0.15, 0.2) is 5.65 Å². The van der Waals surface area contributed by atoms with Crippen molar-refractivity contribution in [2.75, 3.05) is 0 Å². The van der Waals surface area contributed by atoms with Crippen LogP contribution in [0.3, 0.4) is 0 Å². The first-order valence-corrected chi connectivity index (χ1v) is 5.27. The zero-order valence-corrected chi connectivity index (χ0v) is 9.21. The lowest BCUT2D eigenvalue weighted by atomic mass is 10.1. The summed E-state index contributed by atoms with van der Waals surface area (Å²) in [6.07, 6.45) is 4.78. The molecule has 0 N–H and O–H groups in total. The molecule has 0 aliphatic heterocycles. The molecule has 18 heavy (non-hydrogen) atoms. The fourth-order valence-electron chi connectivity index (χ4n) is 1.77. The maximum atomic E-state index is 13.1. The molecule has 0 unspecified atom stereocenters. The number of fused-ring (bicyclic) bond motifs is 1. The van der Waals surface area contributed by atoms with Gasteiger partial charge in [-0.25, -0.2) is 13.9 Å². The van der Waals surface area contributed by atoms with Gasteiger partial charge in [0.2, 0.25) is 0 Å². The van der Waals surface area contributed by atoms with Gasteiger partial charge < -0.3 is 0 Å². The second-order valence-corrected chi connectivity index (χ2v) is 3.79. The highest BCUT2D eigenvalue weighted by atomic mass is 19.1. The Kier molecular flexibility index (Phi) is 2.27. The summed E-state index contributed by atoms with van der Waals surface area (Å²) < 4.78 is 14.7. The second-order valence-electron chi connectivity index (χ2n) is 3.79. The number of nitrogens with zero attached hydrogens (tertiary/aromatic N) is 4. The van der Waals surface area contributed by atoms with E-state index in [0.717, 1.165) is 11.1 Å². The molecular weight excluding hydrogens is 231 g/mol. The minimum atomic E-state index is -0.300. The van der Waals surface area contributed by atoms with Gasteiger partial charge in [-0.15, -0.1) is 0 Å². The van der Waals surface area contributed by atoms with Crippen molar-refractivity contribution < 1.29 is 4.39 Å². The lowest BCUT2D eigenvalue weighted by molar-refractivity contribution is 0.628. The molecule has 0 saturated carbocycles. The number of hydrogen-bond donors (Lipinski definition) is 0. The third-order valence-corrected chi connectivity index (χ3v) is 2.63. The van der Waals surface area contributed by atoms with Crippen LogP contribution in [-0.4, -0.2) is 14.6 Å². The fourth-order valence-corrected chi connectivity index (χ4v) is 1.77. The van der Waals surface area contributed by atoms with E-state index < -0.39 is 0 Å². The molecule has 0 spiro atoms. The van der Waals surface area contributed by atoms with Crippen LogP contribution >= 0.6 is 0 Å². The molecule has 4 nitrogen and oxygen atoms in total. The molecule has 0 atom stereocenters. The number of aromatic nitrogens is 3. The van der Waals surface area contributed by atoms with Gasteiger partial charge in [0.25, 0.3) is 0 Å². The summed E-state index contributed by atoms with van der Waals surface area (Å²) in [5.74, 6) is -0.300. The van der Waals surface area contributed by atoms with Crippen LogP contribution in [0, 0.1) is 17.1 Å². The Morgan fingerprint density at radius 3 is 2.89 bits per heavy atom. The first-order chi connectivity index (χ1) is 8.78. The molecular formula is C13H7FN4. The van der Waals surface area contributed by atoms with E-state index in [4.69, 9.17) is 5.26 Å². The minimum absolute atomic E-state index is 0.300. The van der Waals surface area contributed by atoms with Gasteiger partial charge in [0.1, 0.15) is 17.4 Å². The summed E-state index contributed by atoms with van der Waals surface area (Å²) in [6, 6.07) is 8.26. The minimum Gasteiger partial charge on any atom is -0.235 e. The van der Waals surface area contributed by atoms with Crippen molar-refractivity contribution in [1.29, 1.82) is 5.26 Å². The molecule has 2 aromatic heterocycles. The van der Waals surface area contributed by atoms with Crippen LogP contribution in [0.1, 0.15) is 5.56 Å². The highest BCUT2D eigenvalue weighted by molar-refractivity contribution is 5.64. The Labute approximate surface area is 102 Å². The van der Waals surface area contributed by atoms with Crippen LogP contribution in [0.25, 0.3) is 16.8 Å². The SMILES string of the molecule is N#Cc1cnn2cc(-c3cccc(F)c3)cnc12. The van der Waals surface area contributed by atoms with Gasteiger partial charge in [-0.3, -0.25) is 0 Å². The molecule has 0 fully saturated rings. The van der Waals surface area contributed by atoms with E-state index in [0.29, 0.717) is 11.2 Å². The first kappa shape index (κ1) is 10.4. The number of rotatable bonds is 1. The van der Waals surface area contributed by atoms with Crippen molar-refractivity contribution in [3.05, 3.63) is 54.2 Å². The van der Waals surface area contributed by atoms with E-state index >= 15 is 0 Å². The summed E-state index contributed by atoms with van der Waals surface area (Å²) in [4.78, 5) is 4.17. The number of hydrogen-bond acceptors (Lipinski definition) is 3. The van der Waals surface area contributed by atoms with Crippen LogP contribution in [0.15, 0.2) is 42.9 Å². The molecule has 0 aliphatic carbocycles. The summed E-state index contributed by atoms with van der Waals surface area (Å²) in [7, 11) is 0. The zero-order chi connectivity index (χ0) is 12.5. The van der Waals surface area contributed by atoms with Gasteiger partial charge in [-0.2, -0.15) is 10.4 Å². The van der Waals surface area contributed by atoms with Crippen molar-refractivity contribution in [2.24, 2.45) is 0 Å². The summed E-state index contributed by atoms with van der Waals surface area (Å²) in [5, 5.41) is 12.9. The smallest absolute Gasteiger partial charge is 0.172 e. The number of nitriles is 1. The van der Waals surface area contributed by atoms with Crippen molar-refractivity contribution >= 4 is 5.65 Å². The lowest BCUT2D eigenvalue weighted by Crippen LogP contribution is -1.92. The van der Waals surface area contributed by atoms with Crippen LogP contribution in [0.5, 0.6) is 0 Å². The average molecular weight is 238 g/mol. The molecule has 0 amide bonds. The van der Waals surface area contributed by atoms with Crippen LogP contribution < -0.4 is 0 Å². The normalized spacial score (nSPS) is 10.4. The van der Waals surface area contributed by atoms with Gasteiger partial charge in [-0.1, -0.05) is 12.1 Å². The summed E-state index contributed by atoms with van der Waals surface area (Å²) in [6.45, 7) is 0. The molecule has 0 bridgehead atoms. The van der Waals surface area contributed by atoms with E-state index in [9.17, 15) is 4.39 Å². The van der Waals surface area contributed by atoms with Crippen LogP contribution in [-0.2, 0) is 0 Å². The van der Waals surface area contributed by atoms with E-state index in [-0.39, 0.29) is 5.82 Å². The van der Waals surface area contributed by atoms with Crippen molar-refractivity contribution in [3.63, 3.8) is 0 Å². The molecule has 3 aromatic rings. The standard InChI is InChI=1S/C13H7FN4/c14-12-3-1-2-9(4-12)11-6-16-13-10(5-15)7-17-18(13)8-11/h1-4,6-8H. The van der Waals surface area contributed by atoms with E-state index in [1.165, 1.54) is 22.8 Å². The largest absolute Gasteiger partial charge is 0.235 e. The average Bonchev–Trinajstić information content (AvgIpc) is 2.80. The zero-order valence-electron chi connectivity index (χ0n) is 9.21. The Bertz CT molecular complexity index is 770. The van der Waals surface area contributed by atoms with Gasteiger partial charge in [0.05, 0.1) is 6.20 Å². The summed E-state index contributed by atoms with van der Waals surface area (Å²) in [5.41, 5.74) is 2.38. The van der Waals surface area contributed by atoms with E-state index in [1.54, 1.807) is 24.5 Å². The Morgan fingerprint density at radius 1 is 1.22 bits per heavy atom. The lowest BCUT2D eigenvalue weighted by Gasteiger charge is -2.02. The molecule has 0 aliphatic rings. The highest BCUT2D eigenvalue weighted by Crippen LogP contribution is 2.20. The van der Waals surface area contributed by atoms with Crippen molar-refractivity contribution in [3.8, 4) is 17.2 Å². The van der Waals surface area contributed by atoms with E-state index in [1.807, 2.05) is 6.07 Å².